The lowest BCUT2D eigenvalue weighted by atomic mass is 9.83. The van der Waals surface area contributed by atoms with Crippen LogP contribution in [-0.2, 0) is 0 Å². The third kappa shape index (κ3) is 0.879. The molecule has 0 amide bonds. The molecule has 0 aromatic heterocycles. The van der Waals surface area contributed by atoms with Crippen molar-refractivity contribution in [2.75, 3.05) is 0 Å². The highest BCUT2D eigenvalue weighted by Gasteiger charge is 2.65. The largest absolute Gasteiger partial charge is 0.0698 e. The topological polar surface area (TPSA) is 0 Å². The molecular formula is C20H24. The molecule has 0 aliphatic heterocycles. The lowest BCUT2D eigenvalue weighted by Gasteiger charge is -2.22. The Balaban J connectivity index is 1.62. The Morgan fingerprint density at radius 2 is 0.850 bits per heavy atom. The molecule has 104 valence electrons. The number of hydrogen-bond acceptors (Lipinski definition) is 0. The second kappa shape index (κ2) is 2.99. The van der Waals surface area contributed by atoms with Gasteiger partial charge in [0.2, 0.25) is 0 Å². The van der Waals surface area contributed by atoms with Gasteiger partial charge < -0.3 is 0 Å². The van der Waals surface area contributed by atoms with Crippen molar-refractivity contribution in [3.8, 4) is 0 Å². The van der Waals surface area contributed by atoms with Crippen molar-refractivity contribution in [3.05, 3.63) is 22.3 Å². The molecule has 12 bridgehead atoms. The SMILES string of the molecule is C1C2=C3C4CCC5C(=C6CC1C(C2)C6)C1CCC3C1C45. The fourth-order valence-electron chi connectivity index (χ4n) is 8.89. The van der Waals surface area contributed by atoms with Gasteiger partial charge in [-0.2, -0.15) is 0 Å². The minimum absolute atomic E-state index is 1.07. The summed E-state index contributed by atoms with van der Waals surface area (Å²) >= 11 is 0. The predicted octanol–water partition coefficient (Wildman–Crippen LogP) is 4.73. The zero-order valence-electron chi connectivity index (χ0n) is 12.3. The lowest BCUT2D eigenvalue weighted by molar-refractivity contribution is 0.322. The quantitative estimate of drug-likeness (QED) is 0.555. The van der Waals surface area contributed by atoms with Gasteiger partial charge in [0, 0.05) is 0 Å². The van der Waals surface area contributed by atoms with Crippen LogP contribution in [0.4, 0.5) is 0 Å². The van der Waals surface area contributed by atoms with E-state index in [0.717, 1.165) is 47.3 Å². The Labute approximate surface area is 121 Å². The summed E-state index contributed by atoms with van der Waals surface area (Å²) in [6.07, 6.45) is 12.4. The summed E-state index contributed by atoms with van der Waals surface area (Å²) < 4.78 is 0. The van der Waals surface area contributed by atoms with E-state index in [4.69, 9.17) is 0 Å². The van der Waals surface area contributed by atoms with E-state index >= 15 is 0 Å². The number of allylic oxidation sites excluding steroid dienone is 4. The highest BCUT2D eigenvalue weighted by molar-refractivity contribution is 5.45. The van der Waals surface area contributed by atoms with Gasteiger partial charge in [0.05, 0.1) is 0 Å². The monoisotopic (exact) mass is 264 g/mol. The van der Waals surface area contributed by atoms with Crippen LogP contribution < -0.4 is 0 Å². The first kappa shape index (κ1) is 10.2. The van der Waals surface area contributed by atoms with Crippen molar-refractivity contribution in [2.45, 2.75) is 51.4 Å². The van der Waals surface area contributed by atoms with E-state index in [-0.39, 0.29) is 0 Å². The molecule has 0 radical (unpaired) electrons. The van der Waals surface area contributed by atoms with Crippen LogP contribution in [0.5, 0.6) is 0 Å². The summed E-state index contributed by atoms with van der Waals surface area (Å²) in [5, 5.41) is 0. The van der Waals surface area contributed by atoms with Crippen LogP contribution in [0.3, 0.4) is 0 Å². The molecule has 0 spiro atoms. The summed E-state index contributed by atoms with van der Waals surface area (Å²) in [6.45, 7) is 0. The van der Waals surface area contributed by atoms with E-state index in [1.165, 1.54) is 25.7 Å². The Morgan fingerprint density at radius 1 is 0.500 bits per heavy atom. The molecule has 6 saturated carbocycles. The summed E-state index contributed by atoms with van der Waals surface area (Å²) in [7, 11) is 0. The molecule has 10 rings (SSSR count). The molecule has 0 nitrogen and oxygen atoms in total. The maximum atomic E-state index is 2.10. The number of hydrogen-bond donors (Lipinski definition) is 0. The van der Waals surface area contributed by atoms with Crippen molar-refractivity contribution in [1.29, 1.82) is 0 Å². The number of rotatable bonds is 0. The second-order valence-corrected chi connectivity index (χ2v) is 9.19. The first-order valence-corrected chi connectivity index (χ1v) is 9.33. The average molecular weight is 264 g/mol. The predicted molar refractivity (Wildman–Crippen MR) is 78.9 cm³/mol. The van der Waals surface area contributed by atoms with Gasteiger partial charge in [-0.05, 0) is 98.7 Å². The van der Waals surface area contributed by atoms with Gasteiger partial charge in [0.1, 0.15) is 0 Å². The molecule has 10 aliphatic rings. The van der Waals surface area contributed by atoms with Crippen LogP contribution in [0.1, 0.15) is 51.4 Å². The van der Waals surface area contributed by atoms with Gasteiger partial charge in [0.25, 0.3) is 0 Å². The normalized spacial score (nSPS) is 60.0. The molecule has 0 aromatic carbocycles. The molecule has 0 N–H and O–H groups in total. The fourth-order valence-corrected chi connectivity index (χ4v) is 8.89. The minimum Gasteiger partial charge on any atom is -0.0698 e. The third-order valence-electron chi connectivity index (χ3n) is 9.00. The molecule has 0 aromatic rings. The van der Waals surface area contributed by atoms with Gasteiger partial charge in [-0.15, -0.1) is 0 Å². The second-order valence-electron chi connectivity index (χ2n) is 9.19. The lowest BCUT2D eigenvalue weighted by Crippen LogP contribution is -2.11. The van der Waals surface area contributed by atoms with Crippen LogP contribution >= 0.6 is 0 Å². The van der Waals surface area contributed by atoms with Crippen molar-refractivity contribution >= 4 is 0 Å². The Morgan fingerprint density at radius 3 is 1.20 bits per heavy atom. The third-order valence-corrected chi connectivity index (χ3v) is 9.00. The molecule has 20 heavy (non-hydrogen) atoms. The van der Waals surface area contributed by atoms with E-state index in [1.54, 1.807) is 25.7 Å². The van der Waals surface area contributed by atoms with Crippen LogP contribution in [0.2, 0.25) is 0 Å². The van der Waals surface area contributed by atoms with Crippen LogP contribution in [0.15, 0.2) is 22.3 Å². The first-order valence-electron chi connectivity index (χ1n) is 9.33. The zero-order valence-corrected chi connectivity index (χ0v) is 12.3. The Bertz CT molecular complexity index is 508. The van der Waals surface area contributed by atoms with Crippen molar-refractivity contribution in [1.82, 2.24) is 0 Å². The van der Waals surface area contributed by atoms with Gasteiger partial charge in [-0.25, -0.2) is 0 Å². The highest BCUT2D eigenvalue weighted by atomic mass is 14.7. The molecule has 0 heterocycles. The maximum absolute atomic E-state index is 2.10. The highest BCUT2D eigenvalue weighted by Crippen LogP contribution is 2.74. The first-order chi connectivity index (χ1) is 9.90. The summed E-state index contributed by atoms with van der Waals surface area (Å²) in [5.41, 5.74) is 8.24. The zero-order chi connectivity index (χ0) is 12.6. The van der Waals surface area contributed by atoms with Crippen molar-refractivity contribution < 1.29 is 0 Å². The van der Waals surface area contributed by atoms with E-state index in [9.17, 15) is 0 Å². The smallest absolute Gasteiger partial charge is 0.0160 e. The van der Waals surface area contributed by atoms with Gasteiger partial charge in [0.15, 0.2) is 0 Å². The van der Waals surface area contributed by atoms with E-state index in [0.29, 0.717) is 0 Å². The summed E-state index contributed by atoms with van der Waals surface area (Å²) in [4.78, 5) is 0. The Hall–Kier alpha value is -0.520. The van der Waals surface area contributed by atoms with E-state index in [2.05, 4.69) is 11.1 Å². The standard InChI is InChI=1S/C20H24/c1-2-14-18-12-7-9-5-11(6-10(9)8-12)17-13(1)19(14)20-15(17)3-4-16(18)20/h9-10,13-16,19-20H,1-8H2. The molecule has 10 aliphatic carbocycles. The van der Waals surface area contributed by atoms with Gasteiger partial charge in [-0.3, -0.25) is 0 Å². The maximum Gasteiger partial charge on any atom is -0.0160 e. The summed E-state index contributed by atoms with van der Waals surface area (Å²) in [5.74, 6) is 8.71. The molecule has 0 saturated heterocycles. The van der Waals surface area contributed by atoms with Crippen LogP contribution in [-0.4, -0.2) is 0 Å². The van der Waals surface area contributed by atoms with Gasteiger partial charge in [-0.1, -0.05) is 22.3 Å². The molecule has 4 unspecified atom stereocenters. The molecule has 4 atom stereocenters. The minimum atomic E-state index is 1.07. The van der Waals surface area contributed by atoms with E-state index in [1.807, 2.05) is 11.1 Å². The molecule has 0 heteroatoms. The Kier molecular flexibility index (Phi) is 1.53. The van der Waals surface area contributed by atoms with Crippen LogP contribution in [0, 0.1) is 47.3 Å². The van der Waals surface area contributed by atoms with Crippen molar-refractivity contribution in [3.63, 3.8) is 0 Å². The fraction of sp³-hybridized carbons (Fsp3) is 0.800. The average Bonchev–Trinajstić information content (AvgIpc) is 3.12. The summed E-state index contributed by atoms with van der Waals surface area (Å²) in [6, 6.07) is 0. The van der Waals surface area contributed by atoms with Gasteiger partial charge >= 0.3 is 0 Å². The van der Waals surface area contributed by atoms with Crippen LogP contribution in [0.25, 0.3) is 0 Å². The molecular weight excluding hydrogens is 240 g/mol. The molecule has 6 fully saturated rings. The van der Waals surface area contributed by atoms with E-state index < -0.39 is 0 Å². The van der Waals surface area contributed by atoms with Crippen molar-refractivity contribution in [2.24, 2.45) is 47.3 Å².